The molecule has 6 aromatic rings. The number of rotatable bonds is 6. The maximum absolute atomic E-state index is 15.6. The Bertz CT molecular complexity index is 2400. The highest BCUT2D eigenvalue weighted by Crippen LogP contribution is 2.65. The zero-order valence-electron chi connectivity index (χ0n) is 32.2. The van der Waals surface area contributed by atoms with Crippen molar-refractivity contribution in [3.8, 4) is 50.6 Å². The average Bonchev–Trinajstić information content (AvgIpc) is 3.23. The van der Waals surface area contributed by atoms with Crippen molar-refractivity contribution in [2.45, 2.75) is 20.8 Å². The fourth-order valence-electron chi connectivity index (χ4n) is 10.6. The van der Waals surface area contributed by atoms with Crippen molar-refractivity contribution < 1.29 is 27.3 Å². The van der Waals surface area contributed by atoms with Gasteiger partial charge in [0, 0.05) is 35.2 Å². The number of fused-ring (bicyclic) bond motifs is 9. The number of hydrogen-bond acceptors (Lipinski definition) is 6. The molecule has 0 radical (unpaired) electrons. The molecular weight excluding hydrogens is 765 g/mol. The summed E-state index contributed by atoms with van der Waals surface area (Å²) in [6.07, 6.45) is 0.903. The smallest absolute Gasteiger partial charge is 0.278 e. The van der Waals surface area contributed by atoms with E-state index in [4.69, 9.17) is 13.6 Å². The minimum Gasteiger partial charge on any atom is -0.439 e. The molecule has 0 spiro atoms. The lowest BCUT2D eigenvalue weighted by Gasteiger charge is -2.51. The number of hydrogen-bond donors (Lipinski definition) is 0. The van der Waals surface area contributed by atoms with Crippen LogP contribution in [0.5, 0.6) is 17.2 Å². The quantitative estimate of drug-likeness (QED) is 0.156. The molecule has 3 atom stereocenters. The van der Waals surface area contributed by atoms with E-state index in [0.717, 1.165) is 49.3 Å². The van der Waals surface area contributed by atoms with Gasteiger partial charge in [0.25, 0.3) is 22.1 Å². The predicted molar refractivity (Wildman–Crippen MR) is 232 cm³/mol. The minimum atomic E-state index is -3.47. The second-order valence-corrected chi connectivity index (χ2v) is 23.6. The summed E-state index contributed by atoms with van der Waals surface area (Å²) in [5, 5.41) is 2.20. The summed E-state index contributed by atoms with van der Waals surface area (Å²) in [5.41, 5.74) is 5.62. The van der Waals surface area contributed by atoms with Gasteiger partial charge < -0.3 is 13.6 Å². The van der Waals surface area contributed by atoms with Crippen molar-refractivity contribution in [3.05, 3.63) is 146 Å². The van der Waals surface area contributed by atoms with Gasteiger partial charge in [0.1, 0.15) is 17.2 Å². The first-order chi connectivity index (χ1) is 27.6. The molecule has 1 saturated carbocycles. The Morgan fingerprint density at radius 1 is 0.351 bits per heavy atom. The minimum absolute atomic E-state index is 0.0232. The number of benzene rings is 6. The van der Waals surface area contributed by atoms with Crippen LogP contribution in [0, 0.1) is 35.5 Å². The monoisotopic (exact) mass is 810 g/mol. The van der Waals surface area contributed by atoms with E-state index in [1.807, 2.05) is 146 Å². The molecule has 1 aliphatic carbocycles. The second kappa shape index (κ2) is 13.8. The van der Waals surface area contributed by atoms with Crippen LogP contribution in [0.4, 0.5) is 0 Å². The predicted octanol–water partition coefficient (Wildman–Crippen LogP) is 11.7. The van der Waals surface area contributed by atoms with Gasteiger partial charge in [-0.3, -0.25) is 13.7 Å². The Hall–Kier alpha value is -4.59. The van der Waals surface area contributed by atoms with Gasteiger partial charge in [-0.1, -0.05) is 130 Å². The van der Waals surface area contributed by atoms with Gasteiger partial charge in [-0.25, -0.2) is 0 Å². The molecule has 57 heavy (non-hydrogen) atoms. The van der Waals surface area contributed by atoms with Crippen LogP contribution in [0.3, 0.4) is 0 Å². The molecule has 0 saturated heterocycles. The van der Waals surface area contributed by atoms with Crippen LogP contribution in [-0.2, 0) is 13.7 Å². The second-order valence-electron chi connectivity index (χ2n) is 16.5. The zero-order chi connectivity index (χ0) is 39.1. The van der Waals surface area contributed by atoms with Crippen molar-refractivity contribution in [1.82, 2.24) is 0 Å². The molecule has 3 aliphatic heterocycles. The van der Waals surface area contributed by atoms with Crippen LogP contribution in [0.2, 0.25) is 0 Å². The van der Waals surface area contributed by atoms with E-state index < -0.39 is 22.1 Å². The third-order valence-electron chi connectivity index (χ3n) is 13.5. The van der Waals surface area contributed by atoms with Crippen molar-refractivity contribution in [3.63, 3.8) is 0 Å². The van der Waals surface area contributed by atoms with E-state index in [9.17, 15) is 0 Å². The molecule has 0 amide bonds. The lowest BCUT2D eigenvalue weighted by Crippen LogP contribution is -2.48. The molecular formula is C48H45O6P3. The first kappa shape index (κ1) is 36.7. The summed E-state index contributed by atoms with van der Waals surface area (Å²) in [6.45, 7) is 6.69. The molecule has 10 rings (SSSR count). The van der Waals surface area contributed by atoms with Crippen LogP contribution >= 0.6 is 22.1 Å². The van der Waals surface area contributed by atoms with Gasteiger partial charge in [0.15, 0.2) is 0 Å². The summed E-state index contributed by atoms with van der Waals surface area (Å²) in [6, 6.07) is 47.2. The van der Waals surface area contributed by atoms with Gasteiger partial charge in [0.2, 0.25) is 0 Å². The average molecular weight is 811 g/mol. The van der Waals surface area contributed by atoms with E-state index in [2.05, 4.69) is 20.8 Å². The standard InChI is InChI=1S/C48H45O6P3/c1-31-40(28-55(49)46-25-13-7-19-37(46)34-16-4-10-22-43(34)52-55)32(2)42(30-57(51)48-27-15-9-21-39(48)36-18-6-12-24-45(36)54-57)33(3)41(31)29-56(50)47-26-14-8-20-38(47)35-17-5-11-23-44(35)53-56/h4-27,31-33,40-42H,28-30H2,1-3H3. The molecule has 288 valence electrons. The fourth-order valence-corrected chi connectivity index (χ4v) is 19.4. The van der Waals surface area contributed by atoms with Crippen molar-refractivity contribution >= 4 is 38.0 Å². The lowest BCUT2D eigenvalue weighted by atomic mass is 9.59. The first-order valence-corrected chi connectivity index (χ1v) is 25.4. The highest BCUT2D eigenvalue weighted by Gasteiger charge is 2.54. The summed E-state index contributed by atoms with van der Waals surface area (Å²) < 4.78 is 66.7. The molecule has 1 fully saturated rings. The lowest BCUT2D eigenvalue weighted by molar-refractivity contribution is 0.0328. The van der Waals surface area contributed by atoms with E-state index in [0.29, 0.717) is 35.7 Å². The van der Waals surface area contributed by atoms with E-state index in [1.165, 1.54) is 0 Å². The zero-order valence-corrected chi connectivity index (χ0v) is 34.9. The maximum atomic E-state index is 15.6. The molecule has 3 heterocycles. The molecule has 0 aromatic heterocycles. The Kier molecular flexibility index (Phi) is 8.87. The Morgan fingerprint density at radius 2 is 0.579 bits per heavy atom. The Morgan fingerprint density at radius 3 is 0.860 bits per heavy atom. The van der Waals surface area contributed by atoms with Gasteiger partial charge in [0.05, 0.1) is 15.9 Å². The molecule has 9 heteroatoms. The van der Waals surface area contributed by atoms with Gasteiger partial charge in [-0.15, -0.1) is 0 Å². The van der Waals surface area contributed by atoms with Crippen molar-refractivity contribution in [2.24, 2.45) is 35.5 Å². The third kappa shape index (κ3) is 5.94. The largest absolute Gasteiger partial charge is 0.439 e. The molecule has 4 aliphatic rings. The van der Waals surface area contributed by atoms with Crippen molar-refractivity contribution in [2.75, 3.05) is 18.5 Å². The molecule has 6 nitrogen and oxygen atoms in total. The molecule has 0 bridgehead atoms. The van der Waals surface area contributed by atoms with Gasteiger partial charge >= 0.3 is 0 Å². The van der Waals surface area contributed by atoms with Crippen LogP contribution in [-0.4, -0.2) is 18.5 Å². The van der Waals surface area contributed by atoms with Crippen LogP contribution in [0.15, 0.2) is 146 Å². The van der Waals surface area contributed by atoms with Gasteiger partial charge in [-0.2, -0.15) is 0 Å². The summed E-state index contributed by atoms with van der Waals surface area (Å²) in [5.74, 6) is 1.43. The SMILES string of the molecule is CC1C(CP2(=O)Oc3ccccc3-c3ccccc32)C(C)C(CP2(=O)Oc3ccccc3-c3ccccc32)C(C)C1CP1(=O)Oc2ccccc2-c2ccccc21. The van der Waals surface area contributed by atoms with Crippen molar-refractivity contribution in [1.29, 1.82) is 0 Å². The summed E-state index contributed by atoms with van der Waals surface area (Å²) >= 11 is 0. The highest BCUT2D eigenvalue weighted by atomic mass is 31.2. The Labute approximate surface area is 335 Å². The van der Waals surface area contributed by atoms with Crippen LogP contribution in [0.1, 0.15) is 20.8 Å². The van der Waals surface area contributed by atoms with Crippen LogP contribution < -0.4 is 29.5 Å². The van der Waals surface area contributed by atoms with E-state index in [1.54, 1.807) is 0 Å². The maximum Gasteiger partial charge on any atom is 0.278 e. The molecule has 6 aromatic carbocycles. The van der Waals surface area contributed by atoms with E-state index >= 15 is 13.7 Å². The first-order valence-electron chi connectivity index (χ1n) is 20.0. The highest BCUT2D eigenvalue weighted by molar-refractivity contribution is 7.68. The topological polar surface area (TPSA) is 78.9 Å². The number of para-hydroxylation sites is 3. The molecule has 0 N–H and O–H groups in total. The molecule has 3 unspecified atom stereocenters. The normalized spacial score (nSPS) is 30.4. The van der Waals surface area contributed by atoms with E-state index in [-0.39, 0.29) is 35.5 Å². The third-order valence-corrected chi connectivity index (χ3v) is 21.0. The Balaban J connectivity index is 1.07. The van der Waals surface area contributed by atoms with Crippen LogP contribution in [0.25, 0.3) is 33.4 Å². The fraction of sp³-hybridized carbons (Fsp3) is 0.250. The summed E-state index contributed by atoms with van der Waals surface area (Å²) in [7, 11) is -10.4. The van der Waals surface area contributed by atoms with Gasteiger partial charge in [-0.05, 0) is 88.6 Å². The summed E-state index contributed by atoms with van der Waals surface area (Å²) in [4.78, 5) is 0.